The number of hydrogen-bond acceptors (Lipinski definition) is 5. The molecule has 0 aliphatic rings. The van der Waals surface area contributed by atoms with Gasteiger partial charge in [0.25, 0.3) is 11.7 Å². The van der Waals surface area contributed by atoms with Crippen LogP contribution < -0.4 is 5.32 Å². The summed E-state index contributed by atoms with van der Waals surface area (Å²) in [6, 6.07) is 13.8. The molecule has 1 amide bonds. The molecule has 2 aromatic carbocycles. The van der Waals surface area contributed by atoms with Crippen molar-refractivity contribution in [3.63, 3.8) is 0 Å². The number of nitrogens with one attached hydrogen (secondary N) is 1. The van der Waals surface area contributed by atoms with Crippen LogP contribution in [0.15, 0.2) is 53.4 Å². The Kier molecular flexibility index (Phi) is 6.48. The second-order valence-corrected chi connectivity index (χ2v) is 5.72. The van der Waals surface area contributed by atoms with Gasteiger partial charge in [-0.3, -0.25) is 4.79 Å². The highest BCUT2D eigenvalue weighted by atomic mass is 32.2. The number of anilines is 1. The summed E-state index contributed by atoms with van der Waals surface area (Å²) in [7, 11) is 0. The van der Waals surface area contributed by atoms with Crippen molar-refractivity contribution in [2.24, 2.45) is 0 Å². The Bertz CT molecular complexity index is 822. The van der Waals surface area contributed by atoms with E-state index in [2.05, 4.69) is 5.32 Å². The van der Waals surface area contributed by atoms with E-state index < -0.39 is 24.2 Å². The van der Waals surface area contributed by atoms with Gasteiger partial charge in [0.15, 0.2) is 6.61 Å². The summed E-state index contributed by atoms with van der Waals surface area (Å²) in [6.07, 6.45) is 0. The number of hydrogen-bond donors (Lipinski definition) is 1. The molecule has 0 atom stereocenters. The number of benzene rings is 2. The summed E-state index contributed by atoms with van der Waals surface area (Å²) >= 11 is 0.306. The molecule has 0 saturated heterocycles. The van der Waals surface area contributed by atoms with Crippen molar-refractivity contribution in [3.05, 3.63) is 59.7 Å². The number of thioether (sulfide) groups is 1. The average Bonchev–Trinajstić information content (AvgIpc) is 2.61. The van der Waals surface area contributed by atoms with Crippen LogP contribution in [-0.4, -0.2) is 24.2 Å². The number of carbonyl (C=O) groups is 2. The molecular formula is C17H12F2N2O3S. The van der Waals surface area contributed by atoms with E-state index in [-0.39, 0.29) is 21.7 Å². The molecule has 0 aliphatic carbocycles. The molecule has 1 N–H and O–H groups in total. The molecule has 0 fully saturated rings. The van der Waals surface area contributed by atoms with E-state index in [4.69, 9.17) is 10.00 Å². The Balaban J connectivity index is 1.95. The summed E-state index contributed by atoms with van der Waals surface area (Å²) in [6.45, 7) is -0.580. The zero-order valence-electron chi connectivity index (χ0n) is 12.7. The SMILES string of the molecule is N#Cc1cccc(C(=O)OCC(=O)Nc2ccccc2SC(F)F)c1. The molecule has 2 rings (SSSR count). The van der Waals surface area contributed by atoms with E-state index in [1.54, 1.807) is 12.1 Å². The minimum atomic E-state index is -2.62. The van der Waals surface area contributed by atoms with Gasteiger partial charge in [0.05, 0.1) is 22.9 Å². The van der Waals surface area contributed by atoms with Gasteiger partial charge in [-0.15, -0.1) is 0 Å². The standard InChI is InChI=1S/C17H12F2N2O3S/c18-17(19)25-14-7-2-1-6-13(14)21-15(22)10-24-16(23)12-5-3-4-11(8-12)9-20/h1-8,17H,10H2,(H,21,22). The number of carbonyl (C=O) groups excluding carboxylic acids is 2. The molecule has 0 aromatic heterocycles. The van der Waals surface area contributed by atoms with Gasteiger partial charge in [-0.25, -0.2) is 4.79 Å². The lowest BCUT2D eigenvalue weighted by Crippen LogP contribution is -2.21. The second kappa shape index (κ2) is 8.80. The van der Waals surface area contributed by atoms with Gasteiger partial charge in [0.1, 0.15) is 0 Å². The van der Waals surface area contributed by atoms with E-state index in [1.807, 2.05) is 6.07 Å². The molecule has 128 valence electrons. The molecule has 0 heterocycles. The quantitative estimate of drug-likeness (QED) is 0.627. The monoisotopic (exact) mass is 362 g/mol. The number of para-hydroxylation sites is 1. The molecule has 0 radical (unpaired) electrons. The number of rotatable bonds is 6. The van der Waals surface area contributed by atoms with E-state index >= 15 is 0 Å². The molecule has 0 saturated carbocycles. The number of halogens is 2. The van der Waals surface area contributed by atoms with Crippen molar-refractivity contribution in [1.82, 2.24) is 0 Å². The molecule has 0 spiro atoms. The van der Waals surface area contributed by atoms with Gasteiger partial charge in [-0.05, 0) is 30.3 Å². The predicted molar refractivity (Wildman–Crippen MR) is 88.4 cm³/mol. The molecule has 8 heteroatoms. The van der Waals surface area contributed by atoms with Crippen molar-refractivity contribution in [2.75, 3.05) is 11.9 Å². The lowest BCUT2D eigenvalue weighted by molar-refractivity contribution is -0.119. The van der Waals surface area contributed by atoms with Gasteiger partial charge in [-0.1, -0.05) is 30.0 Å². The fraction of sp³-hybridized carbons (Fsp3) is 0.118. The van der Waals surface area contributed by atoms with Crippen LogP contribution in [0.4, 0.5) is 14.5 Å². The van der Waals surface area contributed by atoms with Crippen LogP contribution in [0.25, 0.3) is 0 Å². The van der Waals surface area contributed by atoms with Gasteiger partial charge in [-0.2, -0.15) is 14.0 Å². The second-order valence-electron chi connectivity index (χ2n) is 4.69. The van der Waals surface area contributed by atoms with Crippen LogP contribution in [0.3, 0.4) is 0 Å². The van der Waals surface area contributed by atoms with Crippen LogP contribution >= 0.6 is 11.8 Å². The van der Waals surface area contributed by atoms with Crippen LogP contribution in [0.1, 0.15) is 15.9 Å². The van der Waals surface area contributed by atoms with Crippen LogP contribution in [0, 0.1) is 11.3 Å². The van der Waals surface area contributed by atoms with Crippen LogP contribution in [0.5, 0.6) is 0 Å². The third-order valence-electron chi connectivity index (χ3n) is 2.94. The van der Waals surface area contributed by atoms with Crippen molar-refractivity contribution >= 4 is 29.3 Å². The molecule has 0 aliphatic heterocycles. The van der Waals surface area contributed by atoms with Gasteiger partial charge in [0, 0.05) is 4.90 Å². The maximum Gasteiger partial charge on any atom is 0.338 e. The molecule has 2 aromatic rings. The zero-order chi connectivity index (χ0) is 18.2. The normalized spacial score (nSPS) is 10.2. The largest absolute Gasteiger partial charge is 0.452 e. The summed E-state index contributed by atoms with van der Waals surface area (Å²) in [5.41, 5.74) is 0.637. The first-order chi connectivity index (χ1) is 12.0. The molecule has 0 bridgehead atoms. The first-order valence-corrected chi connectivity index (χ1v) is 7.88. The number of amides is 1. The van der Waals surface area contributed by atoms with Crippen molar-refractivity contribution in [1.29, 1.82) is 5.26 Å². The predicted octanol–water partition coefficient (Wildman–Crippen LogP) is 3.67. The Labute approximate surface area is 146 Å². The first-order valence-electron chi connectivity index (χ1n) is 7.00. The summed E-state index contributed by atoms with van der Waals surface area (Å²) in [4.78, 5) is 23.9. The number of esters is 1. The minimum Gasteiger partial charge on any atom is -0.452 e. The fourth-order valence-corrected chi connectivity index (χ4v) is 2.48. The smallest absolute Gasteiger partial charge is 0.338 e. The third-order valence-corrected chi connectivity index (χ3v) is 3.73. The summed E-state index contributed by atoms with van der Waals surface area (Å²) in [5, 5.41) is 11.2. The van der Waals surface area contributed by atoms with Crippen molar-refractivity contribution in [2.45, 2.75) is 10.7 Å². The van der Waals surface area contributed by atoms with Gasteiger partial charge in [0.2, 0.25) is 0 Å². The average molecular weight is 362 g/mol. The zero-order valence-corrected chi connectivity index (χ0v) is 13.6. The minimum absolute atomic E-state index is 0.139. The molecular weight excluding hydrogens is 350 g/mol. The Morgan fingerprint density at radius 1 is 1.20 bits per heavy atom. The highest BCUT2D eigenvalue weighted by Crippen LogP contribution is 2.31. The van der Waals surface area contributed by atoms with Gasteiger partial charge >= 0.3 is 5.97 Å². The maximum absolute atomic E-state index is 12.5. The maximum atomic E-state index is 12.5. The lowest BCUT2D eigenvalue weighted by atomic mass is 10.1. The summed E-state index contributed by atoms with van der Waals surface area (Å²) < 4.78 is 29.9. The van der Waals surface area contributed by atoms with Crippen LogP contribution in [-0.2, 0) is 9.53 Å². The molecule has 0 unspecified atom stereocenters. The Hall–Kier alpha value is -2.92. The molecule has 5 nitrogen and oxygen atoms in total. The topological polar surface area (TPSA) is 79.2 Å². The number of nitriles is 1. The van der Waals surface area contributed by atoms with Gasteiger partial charge < -0.3 is 10.1 Å². The van der Waals surface area contributed by atoms with E-state index in [0.29, 0.717) is 11.8 Å². The van der Waals surface area contributed by atoms with Crippen molar-refractivity contribution in [3.8, 4) is 6.07 Å². The Morgan fingerprint density at radius 2 is 1.96 bits per heavy atom. The van der Waals surface area contributed by atoms with E-state index in [9.17, 15) is 18.4 Å². The highest BCUT2D eigenvalue weighted by Gasteiger charge is 2.14. The lowest BCUT2D eigenvalue weighted by Gasteiger charge is -2.10. The summed E-state index contributed by atoms with van der Waals surface area (Å²) in [5.74, 6) is -4.04. The van der Waals surface area contributed by atoms with Crippen LogP contribution in [0.2, 0.25) is 0 Å². The van der Waals surface area contributed by atoms with E-state index in [0.717, 1.165) is 0 Å². The fourth-order valence-electron chi connectivity index (χ4n) is 1.89. The third kappa shape index (κ3) is 5.58. The number of ether oxygens (including phenoxy) is 1. The number of nitrogens with zero attached hydrogens (tertiary/aromatic N) is 1. The van der Waals surface area contributed by atoms with E-state index in [1.165, 1.54) is 36.4 Å². The number of alkyl halides is 2. The van der Waals surface area contributed by atoms with Crippen molar-refractivity contribution < 1.29 is 23.1 Å². The Morgan fingerprint density at radius 3 is 2.68 bits per heavy atom. The highest BCUT2D eigenvalue weighted by molar-refractivity contribution is 7.99. The molecule has 25 heavy (non-hydrogen) atoms. The first kappa shape index (κ1) is 18.4.